The maximum Gasteiger partial charge on any atom is 0.306 e. The zero-order valence-electron chi connectivity index (χ0n) is 18.7. The summed E-state index contributed by atoms with van der Waals surface area (Å²) in [6.07, 6.45) is 4.92. The number of esters is 2. The molecule has 31 heavy (non-hydrogen) atoms. The van der Waals surface area contributed by atoms with E-state index in [2.05, 4.69) is 19.1 Å². The van der Waals surface area contributed by atoms with Crippen LogP contribution in [0.1, 0.15) is 60.8 Å². The fourth-order valence-electron chi connectivity index (χ4n) is 4.70. The Hall–Kier alpha value is -2.82. The molecule has 0 bridgehead atoms. The van der Waals surface area contributed by atoms with Gasteiger partial charge in [0.2, 0.25) is 0 Å². The second-order valence-electron chi connectivity index (χ2n) is 8.36. The van der Waals surface area contributed by atoms with Crippen molar-refractivity contribution in [2.24, 2.45) is 0 Å². The second-order valence-corrected chi connectivity index (χ2v) is 8.36. The number of carbonyl (C=O) groups excluding carboxylic acids is 2. The minimum atomic E-state index is -0.356. The monoisotopic (exact) mass is 424 g/mol. The molecule has 0 radical (unpaired) electrons. The van der Waals surface area contributed by atoms with Gasteiger partial charge in [-0.3, -0.25) is 9.59 Å². The van der Waals surface area contributed by atoms with Gasteiger partial charge in [-0.05, 0) is 73.4 Å². The van der Waals surface area contributed by atoms with E-state index >= 15 is 0 Å². The number of methoxy groups -OCH3 is 2. The molecule has 1 unspecified atom stereocenters. The Labute approximate surface area is 184 Å². The highest BCUT2D eigenvalue weighted by atomic mass is 16.5. The lowest BCUT2D eigenvalue weighted by Gasteiger charge is -2.40. The van der Waals surface area contributed by atoms with Gasteiger partial charge in [-0.1, -0.05) is 30.3 Å². The molecule has 3 rings (SSSR count). The number of fused-ring (bicyclic) bond motifs is 1. The number of rotatable bonds is 9. The molecule has 166 valence electrons. The van der Waals surface area contributed by atoms with Crippen molar-refractivity contribution in [3.8, 4) is 5.75 Å². The number of hydrogen-bond donors (Lipinski definition) is 0. The van der Waals surface area contributed by atoms with Gasteiger partial charge in [-0.25, -0.2) is 0 Å². The molecule has 0 amide bonds. The summed E-state index contributed by atoms with van der Waals surface area (Å²) in [7, 11) is 2.83. The lowest BCUT2D eigenvalue weighted by Crippen LogP contribution is -2.34. The zero-order chi connectivity index (χ0) is 22.3. The van der Waals surface area contributed by atoms with Gasteiger partial charge < -0.3 is 14.2 Å². The molecule has 1 aliphatic carbocycles. The van der Waals surface area contributed by atoms with Crippen LogP contribution in [-0.4, -0.2) is 26.2 Å². The van der Waals surface area contributed by atoms with E-state index in [0.29, 0.717) is 25.9 Å². The number of hydrogen-bond acceptors (Lipinski definition) is 5. The summed E-state index contributed by atoms with van der Waals surface area (Å²) in [4.78, 5) is 24.1. The molecule has 0 spiro atoms. The Bertz CT molecular complexity index is 906. The quantitative estimate of drug-likeness (QED) is 0.527. The predicted molar refractivity (Wildman–Crippen MR) is 119 cm³/mol. The third kappa shape index (κ3) is 5.66. The molecular formula is C26H32O5. The topological polar surface area (TPSA) is 61.8 Å². The molecule has 5 nitrogen and oxygen atoms in total. The second kappa shape index (κ2) is 10.5. The van der Waals surface area contributed by atoms with Crippen LogP contribution >= 0.6 is 0 Å². The largest absolute Gasteiger partial charge is 0.489 e. The first-order valence-corrected chi connectivity index (χ1v) is 10.9. The highest BCUT2D eigenvalue weighted by Crippen LogP contribution is 2.46. The molecule has 1 atom stereocenters. The zero-order valence-corrected chi connectivity index (χ0v) is 18.7. The van der Waals surface area contributed by atoms with Crippen molar-refractivity contribution in [2.75, 3.05) is 14.2 Å². The van der Waals surface area contributed by atoms with Crippen molar-refractivity contribution in [1.29, 1.82) is 0 Å². The first-order valence-electron chi connectivity index (χ1n) is 10.9. The van der Waals surface area contributed by atoms with Gasteiger partial charge in [0.1, 0.15) is 12.4 Å². The van der Waals surface area contributed by atoms with Crippen LogP contribution in [0.2, 0.25) is 0 Å². The average molecular weight is 425 g/mol. The van der Waals surface area contributed by atoms with Crippen molar-refractivity contribution in [2.45, 2.75) is 63.9 Å². The maximum atomic E-state index is 12.4. The Balaban J connectivity index is 1.91. The lowest BCUT2D eigenvalue weighted by atomic mass is 9.64. The Kier molecular flexibility index (Phi) is 7.72. The first kappa shape index (κ1) is 22.9. The fraction of sp³-hybridized carbons (Fsp3) is 0.462. The van der Waals surface area contributed by atoms with Gasteiger partial charge in [-0.15, -0.1) is 0 Å². The summed E-state index contributed by atoms with van der Waals surface area (Å²) in [5.74, 6) is 0.365. The van der Waals surface area contributed by atoms with Crippen LogP contribution in [0.4, 0.5) is 0 Å². The van der Waals surface area contributed by atoms with Crippen molar-refractivity contribution in [1.82, 2.24) is 0 Å². The summed E-state index contributed by atoms with van der Waals surface area (Å²) in [6.45, 7) is 2.60. The predicted octanol–water partition coefficient (Wildman–Crippen LogP) is 5.05. The summed E-state index contributed by atoms with van der Waals surface area (Å²) < 4.78 is 16.0. The van der Waals surface area contributed by atoms with Crippen molar-refractivity contribution < 1.29 is 23.8 Å². The maximum absolute atomic E-state index is 12.4. The van der Waals surface area contributed by atoms with Crippen molar-refractivity contribution >= 4 is 11.9 Å². The summed E-state index contributed by atoms with van der Waals surface area (Å²) in [5.41, 5.74) is 4.39. The van der Waals surface area contributed by atoms with Gasteiger partial charge in [0.15, 0.2) is 0 Å². The molecule has 0 aliphatic heterocycles. The van der Waals surface area contributed by atoms with Crippen molar-refractivity contribution in [3.63, 3.8) is 0 Å². The minimum absolute atomic E-state index is 0.222. The molecule has 1 aliphatic rings. The third-order valence-corrected chi connectivity index (χ3v) is 6.32. The molecule has 2 aromatic rings. The molecule has 0 heterocycles. The van der Waals surface area contributed by atoms with Crippen LogP contribution in [0, 0.1) is 6.92 Å². The first-order chi connectivity index (χ1) is 15.0. The van der Waals surface area contributed by atoms with E-state index < -0.39 is 0 Å². The van der Waals surface area contributed by atoms with Gasteiger partial charge in [-0.2, -0.15) is 0 Å². The molecule has 0 saturated carbocycles. The van der Waals surface area contributed by atoms with Crippen LogP contribution < -0.4 is 4.74 Å². The van der Waals surface area contributed by atoms with Crippen LogP contribution in [0.3, 0.4) is 0 Å². The third-order valence-electron chi connectivity index (χ3n) is 6.32. The van der Waals surface area contributed by atoms with Crippen LogP contribution in [0.25, 0.3) is 0 Å². The molecule has 0 N–H and O–H groups in total. The molecule has 0 saturated heterocycles. The van der Waals surface area contributed by atoms with E-state index in [-0.39, 0.29) is 17.4 Å². The van der Waals surface area contributed by atoms with E-state index in [0.717, 1.165) is 42.6 Å². The summed E-state index contributed by atoms with van der Waals surface area (Å²) >= 11 is 0. The highest BCUT2D eigenvalue weighted by molar-refractivity contribution is 5.72. The van der Waals surface area contributed by atoms with Gasteiger partial charge >= 0.3 is 11.9 Å². The summed E-state index contributed by atoms with van der Waals surface area (Å²) in [6, 6.07) is 14.3. The van der Waals surface area contributed by atoms with Crippen LogP contribution in [0.15, 0.2) is 42.5 Å². The molecule has 2 aromatic carbocycles. The molecule has 0 fully saturated rings. The van der Waals surface area contributed by atoms with Crippen molar-refractivity contribution in [3.05, 3.63) is 64.7 Å². The highest BCUT2D eigenvalue weighted by Gasteiger charge is 2.39. The fourth-order valence-corrected chi connectivity index (χ4v) is 4.70. The van der Waals surface area contributed by atoms with E-state index in [9.17, 15) is 9.59 Å². The van der Waals surface area contributed by atoms with Crippen LogP contribution in [-0.2, 0) is 37.5 Å². The van der Waals surface area contributed by atoms with E-state index in [1.165, 1.54) is 25.3 Å². The van der Waals surface area contributed by atoms with Gasteiger partial charge in [0, 0.05) is 11.8 Å². The van der Waals surface area contributed by atoms with E-state index in [1.54, 1.807) is 0 Å². The normalized spacial score (nSPS) is 17.5. The van der Waals surface area contributed by atoms with Crippen LogP contribution in [0.5, 0.6) is 5.75 Å². The van der Waals surface area contributed by atoms with Gasteiger partial charge in [0.05, 0.1) is 20.6 Å². The summed E-state index contributed by atoms with van der Waals surface area (Å²) in [5, 5.41) is 0. The minimum Gasteiger partial charge on any atom is -0.489 e. The molecular weight excluding hydrogens is 392 g/mol. The van der Waals surface area contributed by atoms with E-state index in [4.69, 9.17) is 14.2 Å². The Morgan fingerprint density at radius 3 is 2.48 bits per heavy atom. The smallest absolute Gasteiger partial charge is 0.306 e. The number of aryl methyl sites for hydroxylation is 1. The Morgan fingerprint density at radius 2 is 1.77 bits per heavy atom. The van der Waals surface area contributed by atoms with Gasteiger partial charge in [0.25, 0.3) is 0 Å². The Morgan fingerprint density at radius 1 is 1.03 bits per heavy atom. The molecule has 0 aromatic heterocycles. The number of ether oxygens (including phenoxy) is 3. The average Bonchev–Trinajstić information content (AvgIpc) is 2.79. The number of carbonyl (C=O) groups is 2. The standard InChI is InChI=1S/C26H32O5/c1-19-15-21(31-18-20-9-5-4-6-10-20)16-23-22(19)11-7-13-26(23,17-25(28)30-3)14-8-12-24(27)29-2/h4-6,9-10,15-16H,7-8,11-14,17-18H2,1-3H3. The lowest BCUT2D eigenvalue weighted by molar-refractivity contribution is -0.142. The number of benzene rings is 2. The SMILES string of the molecule is COC(=O)CCCC1(CC(=O)OC)CCCc2c(C)cc(OCc3ccccc3)cc21. The molecule has 5 heteroatoms. The van der Waals surface area contributed by atoms with E-state index in [1.807, 2.05) is 30.3 Å².